The van der Waals surface area contributed by atoms with E-state index in [0.29, 0.717) is 5.78 Å². The molecule has 0 radical (unpaired) electrons. The lowest BCUT2D eigenvalue weighted by Crippen LogP contribution is -1.93. The van der Waals surface area contributed by atoms with Gasteiger partial charge < -0.3 is 0 Å². The maximum Gasteiger partial charge on any atom is 0.155 e. The predicted molar refractivity (Wildman–Crippen MR) is 67.0 cm³/mol. The molecule has 0 bridgehead atoms. The summed E-state index contributed by atoms with van der Waals surface area (Å²) in [6, 6.07) is 0. The maximum atomic E-state index is 11.3. The van der Waals surface area contributed by atoms with Crippen LogP contribution in [0.5, 0.6) is 0 Å². The van der Waals surface area contributed by atoms with Gasteiger partial charge in [-0.25, -0.2) is 0 Å². The van der Waals surface area contributed by atoms with Crippen LogP contribution in [0.2, 0.25) is 0 Å². The van der Waals surface area contributed by atoms with Crippen molar-refractivity contribution in [2.45, 2.75) is 72.1 Å². The molecule has 1 nitrogen and oxygen atoms in total. The lowest BCUT2D eigenvalue weighted by atomic mass is 10.1. The molecule has 0 spiro atoms. The van der Waals surface area contributed by atoms with Gasteiger partial charge in [-0.15, -0.1) is 0 Å². The summed E-state index contributed by atoms with van der Waals surface area (Å²) in [6.07, 6.45) is 11.4. The summed E-state index contributed by atoms with van der Waals surface area (Å²) in [5.41, 5.74) is 1.11. The lowest BCUT2D eigenvalue weighted by molar-refractivity contribution is -0.114. The fourth-order valence-electron chi connectivity index (χ4n) is 1.65. The second kappa shape index (κ2) is 9.95. The van der Waals surface area contributed by atoms with Gasteiger partial charge in [0, 0.05) is 6.42 Å². The Balaban J connectivity index is 3.24. The zero-order valence-corrected chi connectivity index (χ0v) is 10.6. The van der Waals surface area contributed by atoms with E-state index in [9.17, 15) is 4.79 Å². The number of hydrogen-bond acceptors (Lipinski definition) is 1. The highest BCUT2D eigenvalue weighted by molar-refractivity contribution is 5.90. The van der Waals surface area contributed by atoms with E-state index >= 15 is 0 Å². The smallest absolute Gasteiger partial charge is 0.155 e. The van der Waals surface area contributed by atoms with Gasteiger partial charge in [0.05, 0.1) is 0 Å². The summed E-state index contributed by atoms with van der Waals surface area (Å²) in [4.78, 5) is 11.3. The third-order valence-corrected chi connectivity index (χ3v) is 2.48. The fraction of sp³-hybridized carbons (Fsp3) is 0.786. The zero-order valence-electron chi connectivity index (χ0n) is 10.6. The Hall–Kier alpha value is -0.590. The van der Waals surface area contributed by atoms with E-state index < -0.39 is 0 Å². The highest BCUT2D eigenvalue weighted by atomic mass is 16.1. The van der Waals surface area contributed by atoms with Gasteiger partial charge in [-0.3, -0.25) is 4.79 Å². The second-order valence-electron chi connectivity index (χ2n) is 4.56. The number of unbranched alkanes of at least 4 members (excludes halogenated alkanes) is 6. The van der Waals surface area contributed by atoms with Crippen molar-refractivity contribution >= 4 is 5.78 Å². The average Bonchev–Trinajstić information content (AvgIpc) is 2.15. The predicted octanol–water partition coefficient (Wildman–Crippen LogP) is 4.66. The zero-order chi connectivity index (χ0) is 11.5. The quantitative estimate of drug-likeness (QED) is 0.399. The number of rotatable bonds is 9. The fourth-order valence-corrected chi connectivity index (χ4v) is 1.65. The highest BCUT2D eigenvalue weighted by Crippen LogP contribution is 2.09. The van der Waals surface area contributed by atoms with Crippen molar-refractivity contribution in [1.82, 2.24) is 0 Å². The molecule has 0 aliphatic heterocycles. The van der Waals surface area contributed by atoms with Gasteiger partial charge >= 0.3 is 0 Å². The van der Waals surface area contributed by atoms with Crippen LogP contribution < -0.4 is 0 Å². The number of carbonyl (C=O) groups excluding carboxylic acids is 1. The van der Waals surface area contributed by atoms with Crippen LogP contribution in [0.15, 0.2) is 11.6 Å². The molecular formula is C14H26O. The monoisotopic (exact) mass is 210 g/mol. The van der Waals surface area contributed by atoms with E-state index in [-0.39, 0.29) is 0 Å². The molecule has 0 atom stereocenters. The molecule has 0 amide bonds. The average molecular weight is 210 g/mol. The van der Waals surface area contributed by atoms with Gasteiger partial charge in [-0.1, -0.05) is 51.0 Å². The molecule has 1 heteroatoms. The van der Waals surface area contributed by atoms with Crippen molar-refractivity contribution in [2.75, 3.05) is 0 Å². The van der Waals surface area contributed by atoms with Crippen LogP contribution in [0.25, 0.3) is 0 Å². The SMILES string of the molecule is CCCCCCCCCC(=O)C=C(C)C. The summed E-state index contributed by atoms with van der Waals surface area (Å²) in [7, 11) is 0. The number of allylic oxidation sites excluding steroid dienone is 2. The van der Waals surface area contributed by atoms with E-state index in [1.807, 2.05) is 13.8 Å². The van der Waals surface area contributed by atoms with Crippen LogP contribution in [0.4, 0.5) is 0 Å². The Kier molecular flexibility index (Phi) is 9.55. The minimum Gasteiger partial charge on any atom is -0.295 e. The van der Waals surface area contributed by atoms with Crippen molar-refractivity contribution < 1.29 is 4.79 Å². The molecule has 0 heterocycles. The molecule has 0 aromatic heterocycles. The molecule has 0 rings (SSSR count). The van der Waals surface area contributed by atoms with Crippen LogP contribution in [-0.4, -0.2) is 5.78 Å². The summed E-state index contributed by atoms with van der Waals surface area (Å²) in [5.74, 6) is 0.295. The molecule has 0 unspecified atom stereocenters. The van der Waals surface area contributed by atoms with E-state index in [0.717, 1.165) is 18.4 Å². The minimum absolute atomic E-state index is 0.295. The van der Waals surface area contributed by atoms with Crippen LogP contribution in [0.1, 0.15) is 72.1 Å². The first-order valence-corrected chi connectivity index (χ1v) is 6.34. The van der Waals surface area contributed by atoms with Gasteiger partial charge in [0.1, 0.15) is 0 Å². The molecule has 0 N–H and O–H groups in total. The Morgan fingerprint density at radius 3 is 2.00 bits per heavy atom. The van der Waals surface area contributed by atoms with Gasteiger partial charge in [-0.05, 0) is 26.3 Å². The van der Waals surface area contributed by atoms with Crippen molar-refractivity contribution in [2.24, 2.45) is 0 Å². The molecule has 0 aliphatic carbocycles. The molecule has 0 aromatic carbocycles. The number of carbonyl (C=O) groups is 1. The topological polar surface area (TPSA) is 17.1 Å². The molecule has 0 saturated carbocycles. The highest BCUT2D eigenvalue weighted by Gasteiger charge is 1.97. The molecule has 0 aliphatic rings. The Morgan fingerprint density at radius 1 is 0.933 bits per heavy atom. The maximum absolute atomic E-state index is 11.3. The molecular weight excluding hydrogens is 184 g/mol. The van der Waals surface area contributed by atoms with E-state index in [2.05, 4.69) is 6.92 Å². The summed E-state index contributed by atoms with van der Waals surface area (Å²) in [5, 5.41) is 0. The van der Waals surface area contributed by atoms with E-state index in [1.54, 1.807) is 6.08 Å². The number of hydrogen-bond donors (Lipinski definition) is 0. The normalized spacial score (nSPS) is 10.1. The van der Waals surface area contributed by atoms with E-state index in [1.165, 1.54) is 38.5 Å². The third kappa shape index (κ3) is 11.3. The summed E-state index contributed by atoms with van der Waals surface area (Å²) >= 11 is 0. The minimum atomic E-state index is 0.295. The summed E-state index contributed by atoms with van der Waals surface area (Å²) < 4.78 is 0. The first-order valence-electron chi connectivity index (χ1n) is 6.34. The second-order valence-corrected chi connectivity index (χ2v) is 4.56. The lowest BCUT2D eigenvalue weighted by Gasteiger charge is -1.99. The van der Waals surface area contributed by atoms with Crippen LogP contribution in [0.3, 0.4) is 0 Å². The standard InChI is InChI=1S/C14H26O/c1-4-5-6-7-8-9-10-11-14(15)12-13(2)3/h12H,4-11H2,1-3H3. The van der Waals surface area contributed by atoms with Gasteiger partial charge in [-0.2, -0.15) is 0 Å². The van der Waals surface area contributed by atoms with Gasteiger partial charge in [0.2, 0.25) is 0 Å². The summed E-state index contributed by atoms with van der Waals surface area (Å²) in [6.45, 7) is 6.18. The van der Waals surface area contributed by atoms with E-state index in [4.69, 9.17) is 0 Å². The van der Waals surface area contributed by atoms with Crippen LogP contribution in [0, 0.1) is 0 Å². The molecule has 0 saturated heterocycles. The van der Waals surface area contributed by atoms with Crippen molar-refractivity contribution in [3.05, 3.63) is 11.6 Å². The molecule has 0 fully saturated rings. The third-order valence-electron chi connectivity index (χ3n) is 2.48. The van der Waals surface area contributed by atoms with Crippen LogP contribution >= 0.6 is 0 Å². The Morgan fingerprint density at radius 2 is 1.47 bits per heavy atom. The number of ketones is 1. The first-order chi connectivity index (χ1) is 7.16. The van der Waals surface area contributed by atoms with Crippen molar-refractivity contribution in [3.63, 3.8) is 0 Å². The van der Waals surface area contributed by atoms with Crippen LogP contribution in [-0.2, 0) is 4.79 Å². The molecule has 0 aromatic rings. The van der Waals surface area contributed by atoms with Crippen molar-refractivity contribution in [3.8, 4) is 0 Å². The first kappa shape index (κ1) is 14.4. The largest absolute Gasteiger partial charge is 0.295 e. The Bertz CT molecular complexity index is 188. The Labute approximate surface area is 95.0 Å². The molecule has 15 heavy (non-hydrogen) atoms. The molecule has 88 valence electrons. The van der Waals surface area contributed by atoms with Crippen molar-refractivity contribution in [1.29, 1.82) is 0 Å². The van der Waals surface area contributed by atoms with Gasteiger partial charge in [0.25, 0.3) is 0 Å². The van der Waals surface area contributed by atoms with Gasteiger partial charge in [0.15, 0.2) is 5.78 Å².